The zero-order chi connectivity index (χ0) is 14.8. The molecule has 0 atom stereocenters. The van der Waals surface area contributed by atoms with Crippen LogP contribution in [0.15, 0.2) is 42.5 Å². The molecule has 1 fully saturated rings. The van der Waals surface area contributed by atoms with Crippen LogP contribution in [0.2, 0.25) is 0 Å². The Balaban J connectivity index is 1.95. The summed E-state index contributed by atoms with van der Waals surface area (Å²) in [6, 6.07) is 12.7. The largest absolute Gasteiger partial charge is 0.398 e. The Kier molecular flexibility index (Phi) is 3.80. The number of likely N-dealkylation sites (N-methyl/N-ethyl adjacent to an activating group) is 1. The summed E-state index contributed by atoms with van der Waals surface area (Å²) in [5.41, 5.74) is 9.09. The van der Waals surface area contributed by atoms with Crippen molar-refractivity contribution in [2.24, 2.45) is 0 Å². The van der Waals surface area contributed by atoms with Crippen LogP contribution in [0, 0.1) is 5.82 Å². The lowest BCUT2D eigenvalue weighted by atomic mass is 10.0. The zero-order valence-electron chi connectivity index (χ0n) is 12.2. The molecule has 3 nitrogen and oxygen atoms in total. The molecule has 110 valence electrons. The molecule has 2 aromatic rings. The molecule has 0 saturated carbocycles. The van der Waals surface area contributed by atoms with E-state index in [9.17, 15) is 4.39 Å². The summed E-state index contributed by atoms with van der Waals surface area (Å²) in [5.74, 6) is -0.236. The molecule has 21 heavy (non-hydrogen) atoms. The molecule has 0 aliphatic carbocycles. The van der Waals surface area contributed by atoms with Gasteiger partial charge in [-0.3, -0.25) is 0 Å². The fourth-order valence-electron chi connectivity index (χ4n) is 2.72. The van der Waals surface area contributed by atoms with Gasteiger partial charge in [0.05, 0.1) is 0 Å². The molecular formula is C17H20FN3. The van der Waals surface area contributed by atoms with Gasteiger partial charge in [-0.05, 0) is 31.3 Å². The maximum atomic E-state index is 14.0. The van der Waals surface area contributed by atoms with Gasteiger partial charge in [-0.25, -0.2) is 4.39 Å². The normalized spacial score (nSPS) is 16.2. The number of hydrogen-bond donors (Lipinski definition) is 1. The second-order valence-corrected chi connectivity index (χ2v) is 5.54. The number of nitrogens with two attached hydrogens (primary N) is 1. The third-order valence-electron chi connectivity index (χ3n) is 4.07. The average Bonchev–Trinajstić information content (AvgIpc) is 2.50. The van der Waals surface area contributed by atoms with E-state index in [0.29, 0.717) is 11.3 Å². The summed E-state index contributed by atoms with van der Waals surface area (Å²) < 4.78 is 14.0. The van der Waals surface area contributed by atoms with Gasteiger partial charge in [-0.15, -0.1) is 0 Å². The number of benzene rings is 2. The van der Waals surface area contributed by atoms with Crippen LogP contribution in [0.4, 0.5) is 15.8 Å². The van der Waals surface area contributed by atoms with Gasteiger partial charge < -0.3 is 15.5 Å². The third kappa shape index (κ3) is 2.85. The van der Waals surface area contributed by atoms with E-state index in [1.165, 1.54) is 6.07 Å². The molecule has 0 spiro atoms. The van der Waals surface area contributed by atoms with Crippen molar-refractivity contribution in [2.45, 2.75) is 0 Å². The first-order valence-electron chi connectivity index (χ1n) is 7.23. The van der Waals surface area contributed by atoms with Gasteiger partial charge in [-0.2, -0.15) is 0 Å². The number of hydrogen-bond acceptors (Lipinski definition) is 3. The molecule has 4 heteroatoms. The lowest BCUT2D eigenvalue weighted by Crippen LogP contribution is -2.44. The van der Waals surface area contributed by atoms with E-state index < -0.39 is 0 Å². The monoisotopic (exact) mass is 285 g/mol. The van der Waals surface area contributed by atoms with E-state index in [2.05, 4.69) is 16.8 Å². The Bertz CT molecular complexity index is 634. The predicted octanol–water partition coefficient (Wildman–Crippen LogP) is 2.83. The Morgan fingerprint density at radius 1 is 0.952 bits per heavy atom. The van der Waals surface area contributed by atoms with Crippen LogP contribution in [-0.2, 0) is 0 Å². The van der Waals surface area contributed by atoms with Crippen molar-refractivity contribution in [3.8, 4) is 11.1 Å². The van der Waals surface area contributed by atoms with Gasteiger partial charge in [0.25, 0.3) is 0 Å². The summed E-state index contributed by atoms with van der Waals surface area (Å²) in [4.78, 5) is 4.63. The van der Waals surface area contributed by atoms with E-state index in [0.717, 1.165) is 37.4 Å². The molecule has 2 N–H and O–H groups in total. The van der Waals surface area contributed by atoms with E-state index >= 15 is 0 Å². The van der Waals surface area contributed by atoms with Crippen molar-refractivity contribution in [1.29, 1.82) is 0 Å². The first-order valence-corrected chi connectivity index (χ1v) is 7.23. The van der Waals surface area contributed by atoms with Crippen LogP contribution in [0.25, 0.3) is 11.1 Å². The van der Waals surface area contributed by atoms with Crippen LogP contribution in [0.1, 0.15) is 0 Å². The number of piperazine rings is 1. The molecule has 3 rings (SSSR count). The van der Waals surface area contributed by atoms with Crippen molar-refractivity contribution in [3.05, 3.63) is 48.3 Å². The highest BCUT2D eigenvalue weighted by Gasteiger charge is 2.16. The first kappa shape index (κ1) is 13.9. The van der Waals surface area contributed by atoms with Gasteiger partial charge in [0.1, 0.15) is 5.82 Å². The summed E-state index contributed by atoms with van der Waals surface area (Å²) in [5, 5.41) is 0. The molecule has 1 saturated heterocycles. The van der Waals surface area contributed by atoms with E-state index in [1.54, 1.807) is 12.1 Å². The lowest BCUT2D eigenvalue weighted by Gasteiger charge is -2.34. The van der Waals surface area contributed by atoms with Gasteiger partial charge >= 0.3 is 0 Å². The third-order valence-corrected chi connectivity index (χ3v) is 4.07. The highest BCUT2D eigenvalue weighted by atomic mass is 19.1. The lowest BCUT2D eigenvalue weighted by molar-refractivity contribution is 0.313. The van der Waals surface area contributed by atoms with Crippen molar-refractivity contribution in [3.63, 3.8) is 0 Å². The number of nitrogens with zero attached hydrogens (tertiary/aromatic N) is 2. The van der Waals surface area contributed by atoms with Gasteiger partial charge in [0.15, 0.2) is 0 Å². The highest BCUT2D eigenvalue weighted by Crippen LogP contribution is 2.32. The van der Waals surface area contributed by atoms with Crippen LogP contribution in [-0.4, -0.2) is 38.1 Å². The molecule has 0 unspecified atom stereocenters. The predicted molar refractivity (Wildman–Crippen MR) is 86.0 cm³/mol. The summed E-state index contributed by atoms with van der Waals surface area (Å²) in [6.07, 6.45) is 0. The Hall–Kier alpha value is -2.07. The molecule has 0 bridgehead atoms. The minimum Gasteiger partial charge on any atom is -0.398 e. The van der Waals surface area contributed by atoms with E-state index in [-0.39, 0.29) is 5.82 Å². The number of halogens is 1. The minimum atomic E-state index is -0.236. The molecular weight excluding hydrogens is 265 g/mol. The van der Waals surface area contributed by atoms with E-state index in [1.807, 2.05) is 24.3 Å². The summed E-state index contributed by atoms with van der Waals surface area (Å²) in [7, 11) is 2.13. The second kappa shape index (κ2) is 5.74. The Morgan fingerprint density at radius 2 is 1.67 bits per heavy atom. The van der Waals surface area contributed by atoms with Gasteiger partial charge in [-0.1, -0.05) is 18.2 Å². The second-order valence-electron chi connectivity index (χ2n) is 5.54. The quantitative estimate of drug-likeness (QED) is 0.861. The maximum Gasteiger partial charge on any atom is 0.131 e. The molecule has 0 radical (unpaired) electrons. The SMILES string of the molecule is CN1CCN(c2ccc(N)c(-c3ccccc3F)c2)CC1. The molecule has 2 aromatic carbocycles. The molecule has 1 aliphatic heterocycles. The van der Waals surface area contributed by atoms with Crippen molar-refractivity contribution in [2.75, 3.05) is 43.9 Å². The number of nitrogen functional groups attached to an aromatic ring is 1. The highest BCUT2D eigenvalue weighted by molar-refractivity contribution is 5.80. The molecule has 0 aromatic heterocycles. The fraction of sp³-hybridized carbons (Fsp3) is 0.294. The molecule has 1 heterocycles. The Morgan fingerprint density at radius 3 is 2.38 bits per heavy atom. The molecule has 0 amide bonds. The van der Waals surface area contributed by atoms with Gasteiger partial charge in [0, 0.05) is 48.7 Å². The minimum absolute atomic E-state index is 0.236. The number of anilines is 2. The van der Waals surface area contributed by atoms with Crippen molar-refractivity contribution < 1.29 is 4.39 Å². The standard InChI is InChI=1S/C17H20FN3/c1-20-8-10-21(11-9-20)13-6-7-17(19)15(12-13)14-4-2-3-5-16(14)18/h2-7,12H,8-11,19H2,1H3. The topological polar surface area (TPSA) is 32.5 Å². The zero-order valence-corrected chi connectivity index (χ0v) is 12.2. The average molecular weight is 285 g/mol. The first-order chi connectivity index (χ1) is 10.1. The van der Waals surface area contributed by atoms with Crippen molar-refractivity contribution in [1.82, 2.24) is 4.90 Å². The Labute approximate surface area is 124 Å². The van der Waals surface area contributed by atoms with Gasteiger partial charge in [0.2, 0.25) is 0 Å². The molecule has 1 aliphatic rings. The van der Waals surface area contributed by atoms with Crippen LogP contribution < -0.4 is 10.6 Å². The van der Waals surface area contributed by atoms with Crippen LogP contribution >= 0.6 is 0 Å². The smallest absolute Gasteiger partial charge is 0.131 e. The van der Waals surface area contributed by atoms with Crippen LogP contribution in [0.5, 0.6) is 0 Å². The van der Waals surface area contributed by atoms with Crippen LogP contribution in [0.3, 0.4) is 0 Å². The summed E-state index contributed by atoms with van der Waals surface area (Å²) in [6.45, 7) is 4.05. The van der Waals surface area contributed by atoms with E-state index in [4.69, 9.17) is 5.73 Å². The van der Waals surface area contributed by atoms with Crippen molar-refractivity contribution >= 4 is 11.4 Å². The maximum absolute atomic E-state index is 14.0. The number of rotatable bonds is 2. The fourth-order valence-corrected chi connectivity index (χ4v) is 2.72. The summed E-state index contributed by atoms with van der Waals surface area (Å²) >= 11 is 0.